The van der Waals surface area contributed by atoms with Crippen LogP contribution in [0.4, 0.5) is 5.69 Å². The van der Waals surface area contributed by atoms with E-state index >= 15 is 0 Å². The van der Waals surface area contributed by atoms with Crippen molar-refractivity contribution in [2.75, 3.05) is 26.0 Å². The number of nitrogens with one attached hydrogen (secondary N) is 1. The fourth-order valence-electron chi connectivity index (χ4n) is 3.41. The summed E-state index contributed by atoms with van der Waals surface area (Å²) in [4.78, 5) is 26.8. The summed E-state index contributed by atoms with van der Waals surface area (Å²) in [5.41, 5.74) is 0.665. The van der Waals surface area contributed by atoms with Gasteiger partial charge in [0.15, 0.2) is 0 Å². The average Bonchev–Trinajstić information content (AvgIpc) is 2.65. The number of rotatable bonds is 7. The molecule has 0 heterocycles. The lowest BCUT2D eigenvalue weighted by Crippen LogP contribution is -2.37. The van der Waals surface area contributed by atoms with Crippen LogP contribution in [0, 0.1) is 11.8 Å². The first kappa shape index (κ1) is 20.6. The number of nitrogens with zero attached hydrogens (tertiary/aromatic N) is 1. The van der Waals surface area contributed by atoms with E-state index in [-0.39, 0.29) is 23.7 Å². The van der Waals surface area contributed by atoms with Crippen LogP contribution < -0.4 is 10.1 Å². The van der Waals surface area contributed by atoms with Crippen LogP contribution in [0.1, 0.15) is 45.4 Å². The molecule has 0 spiro atoms. The molecule has 2 amide bonds. The molecule has 0 atom stereocenters. The normalized spacial score (nSPS) is 19.7. The summed E-state index contributed by atoms with van der Waals surface area (Å²) in [5.74, 6) is 0.795. The summed E-state index contributed by atoms with van der Waals surface area (Å²) in [6.45, 7) is 2.94. The van der Waals surface area contributed by atoms with Crippen LogP contribution in [-0.4, -0.2) is 37.4 Å². The predicted octanol–water partition coefficient (Wildman–Crippen LogP) is 4.35. The third-order valence-electron chi connectivity index (χ3n) is 5.09. The molecule has 6 heteroatoms. The molecule has 1 aliphatic carbocycles. The first-order valence-corrected chi connectivity index (χ1v) is 9.73. The Balaban J connectivity index is 1.84. The molecular formula is C20H29ClN2O3. The lowest BCUT2D eigenvalue weighted by atomic mass is 9.81. The molecule has 1 saturated carbocycles. The highest BCUT2D eigenvalue weighted by atomic mass is 35.5. The Hall–Kier alpha value is -1.75. The van der Waals surface area contributed by atoms with Crippen LogP contribution in [0.2, 0.25) is 5.02 Å². The summed E-state index contributed by atoms with van der Waals surface area (Å²) in [6.07, 6.45) is 5.15. The Morgan fingerprint density at radius 2 is 1.88 bits per heavy atom. The Morgan fingerprint density at radius 1 is 1.23 bits per heavy atom. The molecule has 26 heavy (non-hydrogen) atoms. The van der Waals surface area contributed by atoms with Gasteiger partial charge in [-0.1, -0.05) is 24.9 Å². The Kier molecular flexibility index (Phi) is 7.76. The van der Waals surface area contributed by atoms with E-state index in [1.165, 1.54) is 0 Å². The Bertz CT molecular complexity index is 627. The first-order chi connectivity index (χ1) is 12.5. The van der Waals surface area contributed by atoms with Crippen LogP contribution in [0.25, 0.3) is 0 Å². The summed E-state index contributed by atoms with van der Waals surface area (Å²) >= 11 is 6.10. The largest absolute Gasteiger partial charge is 0.495 e. The fraction of sp³-hybridized carbons (Fsp3) is 0.600. The van der Waals surface area contributed by atoms with Crippen molar-refractivity contribution < 1.29 is 14.3 Å². The quantitative estimate of drug-likeness (QED) is 0.764. The molecule has 2 rings (SSSR count). The van der Waals surface area contributed by atoms with E-state index in [9.17, 15) is 9.59 Å². The van der Waals surface area contributed by atoms with Gasteiger partial charge in [-0.05, 0) is 50.3 Å². The van der Waals surface area contributed by atoms with E-state index in [2.05, 4.69) is 12.2 Å². The summed E-state index contributed by atoms with van der Waals surface area (Å²) < 4.78 is 5.12. The SMILES string of the molecule is CCCCN(C)C(=O)C1CCC(C(=O)Nc2ccc(OC)c(Cl)c2)CC1. The van der Waals surface area contributed by atoms with Gasteiger partial charge in [0.1, 0.15) is 5.75 Å². The minimum atomic E-state index is -0.0547. The summed E-state index contributed by atoms with van der Waals surface area (Å²) in [6, 6.07) is 5.20. The number of hydrogen-bond acceptors (Lipinski definition) is 3. The van der Waals surface area contributed by atoms with Crippen molar-refractivity contribution in [3.8, 4) is 5.75 Å². The lowest BCUT2D eigenvalue weighted by molar-refractivity contribution is -0.136. The van der Waals surface area contributed by atoms with Crippen LogP contribution in [0.15, 0.2) is 18.2 Å². The maximum Gasteiger partial charge on any atom is 0.227 e. The summed E-state index contributed by atoms with van der Waals surface area (Å²) in [5, 5.41) is 3.39. The number of ether oxygens (including phenoxy) is 1. The monoisotopic (exact) mass is 380 g/mol. The highest BCUT2D eigenvalue weighted by Crippen LogP contribution is 2.32. The molecule has 5 nitrogen and oxygen atoms in total. The smallest absolute Gasteiger partial charge is 0.227 e. The molecule has 1 aromatic carbocycles. The van der Waals surface area contributed by atoms with Crippen molar-refractivity contribution in [2.45, 2.75) is 45.4 Å². The van der Waals surface area contributed by atoms with Gasteiger partial charge >= 0.3 is 0 Å². The fourth-order valence-corrected chi connectivity index (χ4v) is 3.67. The van der Waals surface area contributed by atoms with Gasteiger partial charge in [-0.25, -0.2) is 0 Å². The van der Waals surface area contributed by atoms with Gasteiger partial charge in [0, 0.05) is 31.1 Å². The second-order valence-electron chi connectivity index (χ2n) is 7.00. The third kappa shape index (κ3) is 5.37. The van der Waals surface area contributed by atoms with Crippen molar-refractivity contribution in [3.63, 3.8) is 0 Å². The van der Waals surface area contributed by atoms with Gasteiger partial charge in [0.2, 0.25) is 11.8 Å². The minimum absolute atomic E-state index is 0.00327. The molecule has 1 fully saturated rings. The Morgan fingerprint density at radius 3 is 2.46 bits per heavy atom. The first-order valence-electron chi connectivity index (χ1n) is 9.35. The number of hydrogen-bond donors (Lipinski definition) is 1. The summed E-state index contributed by atoms with van der Waals surface area (Å²) in [7, 11) is 3.43. The van der Waals surface area contributed by atoms with Gasteiger partial charge < -0.3 is 15.0 Å². The van der Waals surface area contributed by atoms with Crippen LogP contribution >= 0.6 is 11.6 Å². The van der Waals surface area contributed by atoms with Gasteiger partial charge in [-0.15, -0.1) is 0 Å². The predicted molar refractivity (Wildman–Crippen MR) is 105 cm³/mol. The molecule has 0 bridgehead atoms. The number of anilines is 1. The van der Waals surface area contributed by atoms with Crippen LogP contribution in [0.5, 0.6) is 5.75 Å². The standard InChI is InChI=1S/C20H29ClN2O3/c1-4-5-12-23(2)20(25)15-8-6-14(7-9-15)19(24)22-16-10-11-18(26-3)17(21)13-16/h10-11,13-15H,4-9,12H2,1-3H3,(H,22,24). The van der Waals surface area contributed by atoms with Crippen molar-refractivity contribution >= 4 is 29.1 Å². The van der Waals surface area contributed by atoms with Crippen molar-refractivity contribution in [3.05, 3.63) is 23.2 Å². The highest BCUT2D eigenvalue weighted by molar-refractivity contribution is 6.32. The van der Waals surface area contributed by atoms with E-state index in [1.807, 2.05) is 11.9 Å². The highest BCUT2D eigenvalue weighted by Gasteiger charge is 2.31. The van der Waals surface area contributed by atoms with Crippen molar-refractivity contribution in [2.24, 2.45) is 11.8 Å². The minimum Gasteiger partial charge on any atom is -0.495 e. The number of carbonyl (C=O) groups is 2. The molecule has 1 aliphatic rings. The van der Waals surface area contributed by atoms with Crippen molar-refractivity contribution in [1.29, 1.82) is 0 Å². The van der Waals surface area contributed by atoms with E-state index in [0.29, 0.717) is 16.5 Å². The number of carbonyl (C=O) groups excluding carboxylic acids is 2. The topological polar surface area (TPSA) is 58.6 Å². The maximum absolute atomic E-state index is 12.5. The lowest BCUT2D eigenvalue weighted by Gasteiger charge is -2.30. The second kappa shape index (κ2) is 9.81. The van der Waals surface area contributed by atoms with Gasteiger partial charge in [0.25, 0.3) is 0 Å². The molecule has 0 unspecified atom stereocenters. The number of amides is 2. The zero-order valence-electron chi connectivity index (χ0n) is 15.9. The second-order valence-corrected chi connectivity index (χ2v) is 7.41. The van der Waals surface area contributed by atoms with Crippen LogP contribution in [-0.2, 0) is 9.59 Å². The molecule has 0 saturated heterocycles. The van der Waals surface area contributed by atoms with Crippen LogP contribution in [0.3, 0.4) is 0 Å². The zero-order valence-corrected chi connectivity index (χ0v) is 16.6. The molecular weight excluding hydrogens is 352 g/mol. The molecule has 1 aromatic rings. The third-order valence-corrected chi connectivity index (χ3v) is 5.39. The zero-order chi connectivity index (χ0) is 19.1. The molecule has 0 aliphatic heterocycles. The molecule has 1 N–H and O–H groups in total. The van der Waals surface area contributed by atoms with Gasteiger partial charge in [-0.3, -0.25) is 9.59 Å². The van der Waals surface area contributed by atoms with Gasteiger partial charge in [0.05, 0.1) is 12.1 Å². The number of benzene rings is 1. The van der Waals surface area contributed by atoms with Gasteiger partial charge in [-0.2, -0.15) is 0 Å². The maximum atomic E-state index is 12.5. The number of unbranched alkanes of at least 4 members (excludes halogenated alkanes) is 1. The van der Waals surface area contributed by atoms with E-state index in [4.69, 9.17) is 16.3 Å². The van der Waals surface area contributed by atoms with E-state index in [1.54, 1.807) is 25.3 Å². The van der Waals surface area contributed by atoms with E-state index in [0.717, 1.165) is 45.1 Å². The molecule has 144 valence electrons. The Labute approximate surface area is 161 Å². The molecule has 0 aromatic heterocycles. The number of halogens is 1. The molecule has 0 radical (unpaired) electrons. The average molecular weight is 381 g/mol. The number of methoxy groups -OCH3 is 1. The van der Waals surface area contributed by atoms with E-state index < -0.39 is 0 Å². The van der Waals surface area contributed by atoms with Crippen molar-refractivity contribution in [1.82, 2.24) is 4.90 Å².